The first-order valence-electron chi connectivity index (χ1n) is 7.92. The third kappa shape index (κ3) is 4.68. The number of aliphatic carboxylic acids is 1. The van der Waals surface area contributed by atoms with Crippen LogP contribution in [0.1, 0.15) is 66.2 Å². The lowest BCUT2D eigenvalue weighted by atomic mass is 9.97. The van der Waals surface area contributed by atoms with Crippen molar-refractivity contribution in [1.29, 1.82) is 0 Å². The minimum Gasteiger partial charge on any atom is -0.481 e. The number of Topliss-reactive ketones (excluding diaryl/α,β-unsaturated/α-hetero) is 1. The summed E-state index contributed by atoms with van der Waals surface area (Å²) < 4.78 is 0. The third-order valence-corrected chi connectivity index (χ3v) is 3.84. The molecule has 0 radical (unpaired) electrons. The van der Waals surface area contributed by atoms with Gasteiger partial charge in [-0.05, 0) is 38.2 Å². The van der Waals surface area contributed by atoms with Gasteiger partial charge in [0.1, 0.15) is 5.69 Å². The van der Waals surface area contributed by atoms with Crippen molar-refractivity contribution >= 4 is 17.7 Å². The van der Waals surface area contributed by atoms with Gasteiger partial charge < -0.3 is 15.4 Å². The first-order valence-corrected chi connectivity index (χ1v) is 7.92. The topological polar surface area (TPSA) is 99.3 Å². The van der Waals surface area contributed by atoms with E-state index in [1.54, 1.807) is 6.92 Å². The van der Waals surface area contributed by atoms with Crippen LogP contribution in [0.3, 0.4) is 0 Å². The molecule has 1 unspecified atom stereocenters. The molecule has 1 rings (SSSR count). The Kier molecular flexibility index (Phi) is 6.54. The van der Waals surface area contributed by atoms with Crippen molar-refractivity contribution in [1.82, 2.24) is 10.3 Å². The summed E-state index contributed by atoms with van der Waals surface area (Å²) in [6.07, 6.45) is 1.05. The molecule has 0 aliphatic rings. The molecular weight excluding hydrogens is 296 g/mol. The maximum atomic E-state index is 12.4. The molecule has 3 N–H and O–H groups in total. The van der Waals surface area contributed by atoms with Crippen LogP contribution in [0.4, 0.5) is 0 Å². The number of aromatic nitrogens is 1. The lowest BCUT2D eigenvalue weighted by Crippen LogP contribution is -2.34. The molecule has 23 heavy (non-hydrogen) atoms. The van der Waals surface area contributed by atoms with E-state index in [4.69, 9.17) is 0 Å². The summed E-state index contributed by atoms with van der Waals surface area (Å²) in [4.78, 5) is 38.3. The minimum atomic E-state index is -0.915. The van der Waals surface area contributed by atoms with Crippen LogP contribution in [0.15, 0.2) is 0 Å². The van der Waals surface area contributed by atoms with Crippen LogP contribution < -0.4 is 5.32 Å². The normalized spacial score (nSPS) is 12.3. The quantitative estimate of drug-likeness (QED) is 0.640. The largest absolute Gasteiger partial charge is 0.481 e. The van der Waals surface area contributed by atoms with Gasteiger partial charge in [0.05, 0.1) is 5.92 Å². The number of carbonyl (C=O) groups is 3. The van der Waals surface area contributed by atoms with Crippen LogP contribution in [0.2, 0.25) is 0 Å². The zero-order chi connectivity index (χ0) is 17.7. The van der Waals surface area contributed by atoms with Gasteiger partial charge in [-0.1, -0.05) is 20.8 Å². The lowest BCUT2D eigenvalue weighted by molar-refractivity contribution is -0.142. The molecule has 0 bridgehead atoms. The average Bonchev–Trinajstić information content (AvgIpc) is 2.79. The molecule has 1 heterocycles. The second-order valence-electron chi connectivity index (χ2n) is 6.26. The number of carboxylic acid groups (broad SMARTS) is 1. The zero-order valence-corrected chi connectivity index (χ0v) is 14.4. The van der Waals surface area contributed by atoms with Gasteiger partial charge in [0, 0.05) is 17.8 Å². The van der Waals surface area contributed by atoms with E-state index in [9.17, 15) is 19.5 Å². The molecule has 0 saturated carbocycles. The van der Waals surface area contributed by atoms with E-state index in [2.05, 4.69) is 10.3 Å². The van der Waals surface area contributed by atoms with Gasteiger partial charge in [-0.25, -0.2) is 0 Å². The molecule has 0 spiro atoms. The fourth-order valence-corrected chi connectivity index (χ4v) is 2.85. The van der Waals surface area contributed by atoms with E-state index < -0.39 is 11.9 Å². The Morgan fingerprint density at radius 2 is 1.87 bits per heavy atom. The van der Waals surface area contributed by atoms with Gasteiger partial charge in [-0.3, -0.25) is 14.4 Å². The molecule has 1 atom stereocenters. The highest BCUT2D eigenvalue weighted by Crippen LogP contribution is 2.20. The Hall–Kier alpha value is -2.11. The van der Waals surface area contributed by atoms with Gasteiger partial charge in [0.25, 0.3) is 5.91 Å². The van der Waals surface area contributed by atoms with Crippen LogP contribution in [-0.2, 0) is 11.2 Å². The monoisotopic (exact) mass is 322 g/mol. The van der Waals surface area contributed by atoms with Crippen LogP contribution in [-0.4, -0.2) is 34.3 Å². The number of hydrogen-bond donors (Lipinski definition) is 3. The Labute approximate surface area is 136 Å². The second-order valence-corrected chi connectivity index (χ2v) is 6.26. The molecule has 0 aliphatic heterocycles. The number of carboxylic acids is 1. The smallest absolute Gasteiger partial charge is 0.308 e. The van der Waals surface area contributed by atoms with E-state index in [1.807, 2.05) is 20.8 Å². The zero-order valence-electron chi connectivity index (χ0n) is 14.4. The van der Waals surface area contributed by atoms with E-state index in [0.29, 0.717) is 35.4 Å². The Bertz CT molecular complexity index is 602. The predicted octanol–water partition coefficient (Wildman–Crippen LogP) is 2.56. The number of carbonyl (C=O) groups excluding carboxylic acids is 2. The van der Waals surface area contributed by atoms with E-state index >= 15 is 0 Å². The molecule has 6 nitrogen and oxygen atoms in total. The SMILES string of the molecule is CCc1c(C(=O)NCC(CC(C)C)C(=O)O)[nH]c(C)c1C(C)=O. The number of hydrogen-bond acceptors (Lipinski definition) is 3. The van der Waals surface area contributed by atoms with Gasteiger partial charge >= 0.3 is 5.97 Å². The summed E-state index contributed by atoms with van der Waals surface area (Å²) in [6.45, 7) is 9.07. The average molecular weight is 322 g/mol. The number of ketones is 1. The Morgan fingerprint density at radius 1 is 1.26 bits per heavy atom. The number of rotatable bonds is 8. The molecule has 1 aromatic rings. The summed E-state index contributed by atoms with van der Waals surface area (Å²) in [6, 6.07) is 0. The predicted molar refractivity (Wildman–Crippen MR) is 87.8 cm³/mol. The number of nitrogens with one attached hydrogen (secondary N) is 2. The van der Waals surface area contributed by atoms with Gasteiger partial charge in [-0.2, -0.15) is 0 Å². The summed E-state index contributed by atoms with van der Waals surface area (Å²) in [7, 11) is 0. The Balaban J connectivity index is 2.92. The lowest BCUT2D eigenvalue weighted by Gasteiger charge is -2.15. The number of amides is 1. The molecule has 1 aromatic heterocycles. The highest BCUT2D eigenvalue weighted by molar-refractivity contribution is 6.02. The van der Waals surface area contributed by atoms with E-state index in [-0.39, 0.29) is 24.2 Å². The fourth-order valence-electron chi connectivity index (χ4n) is 2.85. The van der Waals surface area contributed by atoms with Crippen LogP contribution >= 0.6 is 0 Å². The number of aromatic amines is 1. The van der Waals surface area contributed by atoms with Crippen molar-refractivity contribution in [3.63, 3.8) is 0 Å². The second kappa shape index (κ2) is 7.94. The summed E-state index contributed by atoms with van der Waals surface area (Å²) in [5, 5.41) is 11.9. The van der Waals surface area contributed by atoms with Crippen molar-refractivity contribution in [3.05, 3.63) is 22.5 Å². The maximum absolute atomic E-state index is 12.4. The van der Waals surface area contributed by atoms with Crippen molar-refractivity contribution in [2.24, 2.45) is 11.8 Å². The Morgan fingerprint density at radius 3 is 2.30 bits per heavy atom. The molecule has 0 fully saturated rings. The molecule has 0 aromatic carbocycles. The fraction of sp³-hybridized carbons (Fsp3) is 0.588. The van der Waals surface area contributed by atoms with Gasteiger partial charge in [-0.15, -0.1) is 0 Å². The summed E-state index contributed by atoms with van der Waals surface area (Å²) in [5.74, 6) is -1.75. The molecule has 128 valence electrons. The maximum Gasteiger partial charge on any atom is 0.308 e. The summed E-state index contributed by atoms with van der Waals surface area (Å²) in [5.41, 5.74) is 2.25. The van der Waals surface area contributed by atoms with Crippen molar-refractivity contribution in [3.8, 4) is 0 Å². The van der Waals surface area contributed by atoms with Crippen molar-refractivity contribution < 1.29 is 19.5 Å². The molecular formula is C17H26N2O4. The molecule has 0 saturated heterocycles. The highest BCUT2D eigenvalue weighted by atomic mass is 16.4. The molecule has 0 aliphatic carbocycles. The first kappa shape index (κ1) is 18.9. The van der Waals surface area contributed by atoms with Crippen LogP contribution in [0.25, 0.3) is 0 Å². The first-order chi connectivity index (χ1) is 10.7. The van der Waals surface area contributed by atoms with Gasteiger partial charge in [0.15, 0.2) is 5.78 Å². The third-order valence-electron chi connectivity index (χ3n) is 3.84. The standard InChI is InChI=1S/C17H26N2O4/c1-6-13-14(11(5)20)10(4)19-15(13)16(21)18-8-12(17(22)23)7-9(2)3/h9,12,19H,6-8H2,1-5H3,(H,18,21)(H,22,23). The number of aryl methyl sites for hydroxylation is 1. The highest BCUT2D eigenvalue weighted by Gasteiger charge is 2.24. The van der Waals surface area contributed by atoms with Crippen LogP contribution in [0.5, 0.6) is 0 Å². The van der Waals surface area contributed by atoms with Gasteiger partial charge in [0.2, 0.25) is 0 Å². The van der Waals surface area contributed by atoms with Crippen LogP contribution in [0, 0.1) is 18.8 Å². The van der Waals surface area contributed by atoms with E-state index in [0.717, 1.165) is 0 Å². The van der Waals surface area contributed by atoms with E-state index in [1.165, 1.54) is 6.92 Å². The molecule has 6 heteroatoms. The van der Waals surface area contributed by atoms with Crippen molar-refractivity contribution in [2.75, 3.05) is 6.54 Å². The minimum absolute atomic E-state index is 0.0724. The molecule has 1 amide bonds. The van der Waals surface area contributed by atoms with Crippen molar-refractivity contribution in [2.45, 2.75) is 47.5 Å². The summed E-state index contributed by atoms with van der Waals surface area (Å²) >= 11 is 0. The number of H-pyrrole nitrogens is 1.